The van der Waals surface area contributed by atoms with Crippen molar-refractivity contribution in [1.29, 1.82) is 0 Å². The topological polar surface area (TPSA) is 76.2 Å². The van der Waals surface area contributed by atoms with Gasteiger partial charge in [0, 0.05) is 6.07 Å². The van der Waals surface area contributed by atoms with Crippen LogP contribution in [-0.2, 0) is 4.74 Å². The van der Waals surface area contributed by atoms with E-state index in [9.17, 15) is 4.79 Å². The molecule has 6 heteroatoms. The fraction of sp³-hybridized carbons (Fsp3) is 0.0667. The standard InChI is InChI=1S/C15H13N3O3/c1-20-15(19)18-14-16-12-8-7-11(9-13(12)17-14)21-10-5-3-2-4-6-10/h2-9H,1H3,(H2,16,17,18,19). The number of para-hydroxylation sites is 1. The van der Waals surface area contributed by atoms with Gasteiger partial charge in [0.15, 0.2) is 0 Å². The maximum Gasteiger partial charge on any atom is 0.413 e. The Bertz CT molecular complexity index is 768. The number of aromatic amines is 1. The second-order valence-electron chi connectivity index (χ2n) is 4.30. The first-order chi connectivity index (χ1) is 10.2. The number of anilines is 1. The molecule has 0 radical (unpaired) electrons. The zero-order valence-electron chi connectivity index (χ0n) is 11.3. The van der Waals surface area contributed by atoms with Crippen LogP contribution >= 0.6 is 0 Å². The Morgan fingerprint density at radius 2 is 1.95 bits per heavy atom. The first kappa shape index (κ1) is 13.0. The lowest BCUT2D eigenvalue weighted by atomic mass is 10.3. The highest BCUT2D eigenvalue weighted by atomic mass is 16.5. The predicted molar refractivity (Wildman–Crippen MR) is 78.6 cm³/mol. The molecule has 106 valence electrons. The van der Waals surface area contributed by atoms with E-state index in [1.165, 1.54) is 7.11 Å². The summed E-state index contributed by atoms with van der Waals surface area (Å²) in [4.78, 5) is 18.4. The smallest absolute Gasteiger partial charge is 0.413 e. The summed E-state index contributed by atoms with van der Waals surface area (Å²) >= 11 is 0. The van der Waals surface area contributed by atoms with E-state index in [1.54, 1.807) is 6.07 Å². The number of nitrogens with zero attached hydrogens (tertiary/aromatic N) is 1. The van der Waals surface area contributed by atoms with E-state index in [1.807, 2.05) is 42.5 Å². The summed E-state index contributed by atoms with van der Waals surface area (Å²) in [6, 6.07) is 14.9. The van der Waals surface area contributed by atoms with Gasteiger partial charge in [0.05, 0.1) is 18.1 Å². The summed E-state index contributed by atoms with van der Waals surface area (Å²) in [6.07, 6.45) is -0.574. The highest BCUT2D eigenvalue weighted by Gasteiger charge is 2.07. The number of methoxy groups -OCH3 is 1. The fourth-order valence-electron chi connectivity index (χ4n) is 1.88. The van der Waals surface area contributed by atoms with Crippen molar-refractivity contribution in [2.24, 2.45) is 0 Å². The molecular weight excluding hydrogens is 270 g/mol. The highest BCUT2D eigenvalue weighted by Crippen LogP contribution is 2.25. The van der Waals surface area contributed by atoms with E-state index in [0.717, 1.165) is 11.3 Å². The van der Waals surface area contributed by atoms with Crippen LogP contribution in [0.4, 0.5) is 10.7 Å². The number of imidazole rings is 1. The largest absolute Gasteiger partial charge is 0.457 e. The maximum absolute atomic E-state index is 11.1. The summed E-state index contributed by atoms with van der Waals surface area (Å²) in [7, 11) is 1.30. The molecule has 0 aliphatic carbocycles. The molecule has 0 spiro atoms. The van der Waals surface area contributed by atoms with Crippen molar-refractivity contribution in [3.63, 3.8) is 0 Å². The summed E-state index contributed by atoms with van der Waals surface area (Å²) in [6.45, 7) is 0. The summed E-state index contributed by atoms with van der Waals surface area (Å²) in [5.74, 6) is 1.75. The average molecular weight is 283 g/mol. The number of nitrogens with one attached hydrogen (secondary N) is 2. The van der Waals surface area contributed by atoms with Crippen molar-refractivity contribution in [1.82, 2.24) is 9.97 Å². The van der Waals surface area contributed by atoms with Gasteiger partial charge < -0.3 is 14.5 Å². The lowest BCUT2D eigenvalue weighted by Crippen LogP contribution is -2.11. The lowest BCUT2D eigenvalue weighted by Gasteiger charge is -2.04. The number of benzene rings is 2. The van der Waals surface area contributed by atoms with Crippen molar-refractivity contribution in [2.45, 2.75) is 0 Å². The van der Waals surface area contributed by atoms with Gasteiger partial charge in [-0.3, -0.25) is 5.32 Å². The van der Waals surface area contributed by atoms with E-state index in [0.29, 0.717) is 17.2 Å². The Kier molecular flexibility index (Phi) is 3.42. The molecule has 0 bridgehead atoms. The number of ether oxygens (including phenoxy) is 2. The first-order valence-electron chi connectivity index (χ1n) is 6.32. The van der Waals surface area contributed by atoms with Gasteiger partial charge in [-0.2, -0.15) is 0 Å². The molecule has 1 amide bonds. The molecular formula is C15H13N3O3. The maximum atomic E-state index is 11.1. The molecule has 2 N–H and O–H groups in total. The van der Waals surface area contributed by atoms with Crippen LogP contribution in [0, 0.1) is 0 Å². The SMILES string of the molecule is COC(=O)Nc1nc2cc(Oc3ccccc3)ccc2[nH]1. The van der Waals surface area contributed by atoms with Gasteiger partial charge in [-0.1, -0.05) is 18.2 Å². The zero-order chi connectivity index (χ0) is 14.7. The molecule has 0 unspecified atom stereocenters. The van der Waals surface area contributed by atoms with E-state index in [4.69, 9.17) is 4.74 Å². The van der Waals surface area contributed by atoms with Crippen molar-refractivity contribution in [3.8, 4) is 11.5 Å². The number of amides is 1. The van der Waals surface area contributed by atoms with Gasteiger partial charge in [-0.15, -0.1) is 0 Å². The van der Waals surface area contributed by atoms with Gasteiger partial charge in [0.2, 0.25) is 5.95 Å². The Morgan fingerprint density at radius 3 is 2.71 bits per heavy atom. The molecule has 0 saturated carbocycles. The average Bonchev–Trinajstić information content (AvgIpc) is 2.89. The third-order valence-electron chi connectivity index (χ3n) is 2.84. The van der Waals surface area contributed by atoms with Gasteiger partial charge in [-0.25, -0.2) is 9.78 Å². The Hall–Kier alpha value is -3.02. The van der Waals surface area contributed by atoms with E-state index < -0.39 is 6.09 Å². The number of hydrogen-bond acceptors (Lipinski definition) is 4. The van der Waals surface area contributed by atoms with Crippen LogP contribution in [0.1, 0.15) is 0 Å². The molecule has 0 aliphatic heterocycles. The van der Waals surface area contributed by atoms with Crippen LogP contribution in [0.3, 0.4) is 0 Å². The quantitative estimate of drug-likeness (QED) is 0.771. The summed E-state index contributed by atoms with van der Waals surface area (Å²) in [5.41, 5.74) is 1.48. The molecule has 1 heterocycles. The second kappa shape index (κ2) is 5.54. The van der Waals surface area contributed by atoms with Crippen molar-refractivity contribution < 1.29 is 14.3 Å². The minimum absolute atomic E-state index is 0.328. The summed E-state index contributed by atoms with van der Waals surface area (Å²) < 4.78 is 10.3. The predicted octanol–water partition coefficient (Wildman–Crippen LogP) is 3.53. The van der Waals surface area contributed by atoms with Crippen LogP contribution in [-0.4, -0.2) is 23.2 Å². The number of aromatic nitrogens is 2. The molecule has 21 heavy (non-hydrogen) atoms. The normalized spacial score (nSPS) is 10.3. The minimum Gasteiger partial charge on any atom is -0.457 e. The number of hydrogen-bond donors (Lipinski definition) is 2. The minimum atomic E-state index is -0.574. The fourth-order valence-corrected chi connectivity index (χ4v) is 1.88. The van der Waals surface area contributed by atoms with E-state index >= 15 is 0 Å². The van der Waals surface area contributed by atoms with Crippen LogP contribution in [0.25, 0.3) is 11.0 Å². The van der Waals surface area contributed by atoms with Crippen LogP contribution in [0.15, 0.2) is 48.5 Å². The molecule has 2 aromatic carbocycles. The van der Waals surface area contributed by atoms with Gasteiger partial charge in [0.1, 0.15) is 11.5 Å². The highest BCUT2D eigenvalue weighted by molar-refractivity contribution is 5.86. The Balaban J connectivity index is 1.84. The lowest BCUT2D eigenvalue weighted by molar-refractivity contribution is 0.186. The van der Waals surface area contributed by atoms with E-state index in [2.05, 4.69) is 20.0 Å². The molecule has 1 aromatic heterocycles. The third kappa shape index (κ3) is 2.94. The number of fused-ring (bicyclic) bond motifs is 1. The van der Waals surface area contributed by atoms with Crippen LogP contribution in [0.2, 0.25) is 0 Å². The first-order valence-corrected chi connectivity index (χ1v) is 6.32. The monoisotopic (exact) mass is 283 g/mol. The Morgan fingerprint density at radius 1 is 1.14 bits per heavy atom. The molecule has 0 fully saturated rings. The van der Waals surface area contributed by atoms with Gasteiger partial charge in [-0.05, 0) is 24.3 Å². The number of rotatable bonds is 3. The number of carbonyl (C=O) groups excluding carboxylic acids is 1. The third-order valence-corrected chi connectivity index (χ3v) is 2.84. The van der Waals surface area contributed by atoms with Crippen molar-refractivity contribution in [2.75, 3.05) is 12.4 Å². The van der Waals surface area contributed by atoms with Gasteiger partial charge >= 0.3 is 6.09 Å². The van der Waals surface area contributed by atoms with Crippen molar-refractivity contribution in [3.05, 3.63) is 48.5 Å². The Labute approximate surface area is 120 Å². The number of carbonyl (C=O) groups is 1. The molecule has 0 saturated heterocycles. The molecule has 6 nitrogen and oxygen atoms in total. The zero-order valence-corrected chi connectivity index (χ0v) is 11.3. The molecule has 0 aliphatic rings. The second-order valence-corrected chi connectivity index (χ2v) is 4.30. The summed E-state index contributed by atoms with van der Waals surface area (Å²) in [5, 5.41) is 2.48. The van der Waals surface area contributed by atoms with Crippen LogP contribution in [0.5, 0.6) is 11.5 Å². The molecule has 3 aromatic rings. The number of H-pyrrole nitrogens is 1. The van der Waals surface area contributed by atoms with Gasteiger partial charge in [0.25, 0.3) is 0 Å². The molecule has 3 rings (SSSR count). The van der Waals surface area contributed by atoms with Crippen LogP contribution < -0.4 is 10.1 Å². The van der Waals surface area contributed by atoms with Crippen molar-refractivity contribution >= 4 is 23.1 Å². The van der Waals surface area contributed by atoms with E-state index in [-0.39, 0.29) is 0 Å². The molecule has 0 atom stereocenters.